The van der Waals surface area contributed by atoms with Gasteiger partial charge in [0.2, 0.25) is 0 Å². The van der Waals surface area contributed by atoms with Crippen molar-refractivity contribution in [1.29, 1.82) is 0 Å². The fourth-order valence-electron chi connectivity index (χ4n) is 4.05. The number of benzene rings is 1. The van der Waals surface area contributed by atoms with Crippen molar-refractivity contribution >= 4 is 11.8 Å². The lowest BCUT2D eigenvalue weighted by atomic mass is 9.70. The zero-order valence-electron chi connectivity index (χ0n) is 12.4. The standard InChI is InChI=1S/C17H17FN2OS/c1-22-16-19-14-9-17(8-6-11(14)15(21)20-16)7-5-10-12(17)3-2-4-13(10)18/h2-4H,5-9H2,1H3,(H,19,20,21). The maximum absolute atomic E-state index is 14.0. The molecule has 2 aromatic rings. The van der Waals surface area contributed by atoms with E-state index in [1.54, 1.807) is 12.1 Å². The summed E-state index contributed by atoms with van der Waals surface area (Å²) in [5, 5.41) is 0.665. The predicted octanol–water partition coefficient (Wildman–Crippen LogP) is 3.00. The van der Waals surface area contributed by atoms with E-state index in [1.165, 1.54) is 11.8 Å². The van der Waals surface area contributed by atoms with Gasteiger partial charge in [0, 0.05) is 11.0 Å². The molecule has 1 aromatic carbocycles. The number of fused-ring (bicyclic) bond motifs is 3. The van der Waals surface area contributed by atoms with Gasteiger partial charge in [0.25, 0.3) is 5.56 Å². The second kappa shape index (κ2) is 4.95. The molecule has 0 bridgehead atoms. The Labute approximate surface area is 132 Å². The maximum atomic E-state index is 14.0. The van der Waals surface area contributed by atoms with Crippen molar-refractivity contribution in [2.45, 2.75) is 42.7 Å². The van der Waals surface area contributed by atoms with Gasteiger partial charge < -0.3 is 4.98 Å². The fraction of sp³-hybridized carbons (Fsp3) is 0.412. The zero-order valence-corrected chi connectivity index (χ0v) is 13.2. The Balaban J connectivity index is 1.82. The third kappa shape index (κ3) is 1.95. The summed E-state index contributed by atoms with van der Waals surface area (Å²) in [6.45, 7) is 0. The third-order valence-electron chi connectivity index (χ3n) is 5.18. The average molecular weight is 316 g/mol. The van der Waals surface area contributed by atoms with E-state index in [2.05, 4.69) is 16.0 Å². The van der Waals surface area contributed by atoms with Gasteiger partial charge in [-0.15, -0.1) is 0 Å². The predicted molar refractivity (Wildman–Crippen MR) is 85.1 cm³/mol. The van der Waals surface area contributed by atoms with Crippen LogP contribution in [-0.2, 0) is 24.7 Å². The minimum atomic E-state index is -0.0937. The number of thioether (sulfide) groups is 1. The van der Waals surface area contributed by atoms with Crippen LogP contribution < -0.4 is 5.56 Å². The molecule has 1 N–H and O–H groups in total. The molecule has 22 heavy (non-hydrogen) atoms. The molecule has 0 radical (unpaired) electrons. The molecule has 0 aliphatic heterocycles. The van der Waals surface area contributed by atoms with Gasteiger partial charge in [0.1, 0.15) is 5.82 Å². The van der Waals surface area contributed by atoms with Crippen LogP contribution in [0.25, 0.3) is 0 Å². The average Bonchev–Trinajstić information content (AvgIpc) is 2.87. The van der Waals surface area contributed by atoms with Crippen LogP contribution in [0.5, 0.6) is 0 Å². The molecule has 4 rings (SSSR count). The summed E-state index contributed by atoms with van der Waals surface area (Å²) >= 11 is 1.45. The van der Waals surface area contributed by atoms with E-state index in [0.717, 1.165) is 54.5 Å². The molecule has 5 heteroatoms. The number of halogens is 1. The van der Waals surface area contributed by atoms with Gasteiger partial charge in [-0.1, -0.05) is 23.9 Å². The molecule has 0 saturated heterocycles. The second-order valence-electron chi connectivity index (χ2n) is 6.22. The van der Waals surface area contributed by atoms with Crippen molar-refractivity contribution in [3.05, 3.63) is 56.8 Å². The SMILES string of the molecule is CSc1nc2c(c(=O)[nH]1)CCC1(CCc3c(F)cccc31)C2. The van der Waals surface area contributed by atoms with Crippen LogP contribution in [-0.4, -0.2) is 16.2 Å². The highest BCUT2D eigenvalue weighted by molar-refractivity contribution is 7.98. The molecule has 0 fully saturated rings. The van der Waals surface area contributed by atoms with Crippen LogP contribution >= 0.6 is 11.8 Å². The molecule has 1 atom stereocenters. The molecule has 1 unspecified atom stereocenters. The second-order valence-corrected chi connectivity index (χ2v) is 7.02. The van der Waals surface area contributed by atoms with E-state index in [0.29, 0.717) is 5.16 Å². The van der Waals surface area contributed by atoms with Crippen molar-refractivity contribution in [2.75, 3.05) is 6.26 Å². The number of hydrogen-bond donors (Lipinski definition) is 1. The highest BCUT2D eigenvalue weighted by Gasteiger charge is 2.43. The Hall–Kier alpha value is -1.62. The van der Waals surface area contributed by atoms with Crippen molar-refractivity contribution in [3.8, 4) is 0 Å². The van der Waals surface area contributed by atoms with Crippen LogP contribution in [0, 0.1) is 5.82 Å². The van der Waals surface area contributed by atoms with Crippen molar-refractivity contribution in [3.63, 3.8) is 0 Å². The number of aromatic amines is 1. The van der Waals surface area contributed by atoms with Gasteiger partial charge in [-0.05, 0) is 55.6 Å². The molecule has 2 aliphatic rings. The van der Waals surface area contributed by atoms with Gasteiger partial charge in [0.15, 0.2) is 5.16 Å². The first-order valence-corrected chi connectivity index (χ1v) is 8.79. The number of nitrogens with one attached hydrogen (secondary N) is 1. The number of hydrogen-bond acceptors (Lipinski definition) is 3. The highest BCUT2D eigenvalue weighted by atomic mass is 32.2. The topological polar surface area (TPSA) is 45.8 Å². The molecule has 1 heterocycles. The quantitative estimate of drug-likeness (QED) is 0.650. The minimum absolute atomic E-state index is 0.0123. The first-order chi connectivity index (χ1) is 10.6. The van der Waals surface area contributed by atoms with Crippen LogP contribution in [0.2, 0.25) is 0 Å². The van der Waals surface area contributed by atoms with E-state index in [1.807, 2.05) is 6.26 Å². The Morgan fingerprint density at radius 3 is 2.82 bits per heavy atom. The smallest absolute Gasteiger partial charge is 0.254 e. The number of nitrogens with zero attached hydrogens (tertiary/aromatic N) is 1. The molecule has 2 aliphatic carbocycles. The lowest BCUT2D eigenvalue weighted by Gasteiger charge is -2.35. The van der Waals surface area contributed by atoms with Crippen molar-refractivity contribution in [2.24, 2.45) is 0 Å². The Bertz CT molecular complexity index is 817. The lowest BCUT2D eigenvalue weighted by Crippen LogP contribution is -2.35. The summed E-state index contributed by atoms with van der Waals surface area (Å²) < 4.78 is 14.0. The largest absolute Gasteiger partial charge is 0.301 e. The van der Waals surface area contributed by atoms with Crippen molar-refractivity contribution < 1.29 is 4.39 Å². The maximum Gasteiger partial charge on any atom is 0.254 e. The summed E-state index contributed by atoms with van der Waals surface area (Å²) in [4.78, 5) is 19.6. The van der Waals surface area contributed by atoms with E-state index < -0.39 is 0 Å². The number of H-pyrrole nitrogens is 1. The van der Waals surface area contributed by atoms with E-state index in [4.69, 9.17) is 0 Å². The summed E-state index contributed by atoms with van der Waals surface area (Å²) in [7, 11) is 0. The first-order valence-electron chi connectivity index (χ1n) is 7.57. The van der Waals surface area contributed by atoms with Gasteiger partial charge in [-0.25, -0.2) is 9.37 Å². The molecule has 0 saturated carbocycles. The van der Waals surface area contributed by atoms with Crippen LogP contribution in [0.15, 0.2) is 28.2 Å². The third-order valence-corrected chi connectivity index (χ3v) is 5.76. The van der Waals surface area contributed by atoms with Gasteiger partial charge >= 0.3 is 0 Å². The molecule has 114 valence electrons. The van der Waals surface area contributed by atoms with Gasteiger partial charge in [-0.2, -0.15) is 0 Å². The monoisotopic (exact) mass is 316 g/mol. The Kier molecular flexibility index (Phi) is 3.15. The fourth-order valence-corrected chi connectivity index (χ4v) is 4.44. The van der Waals surface area contributed by atoms with E-state index in [9.17, 15) is 9.18 Å². The van der Waals surface area contributed by atoms with Gasteiger partial charge in [-0.3, -0.25) is 4.79 Å². The number of aromatic nitrogens is 2. The lowest BCUT2D eigenvalue weighted by molar-refractivity contribution is 0.360. The van der Waals surface area contributed by atoms with E-state index >= 15 is 0 Å². The van der Waals surface area contributed by atoms with Crippen LogP contribution in [0.4, 0.5) is 4.39 Å². The Morgan fingerprint density at radius 2 is 2.05 bits per heavy atom. The molecular formula is C17H17FN2OS. The normalized spacial score (nSPS) is 22.6. The molecule has 1 spiro atoms. The van der Waals surface area contributed by atoms with Crippen molar-refractivity contribution in [1.82, 2.24) is 9.97 Å². The number of rotatable bonds is 1. The van der Waals surface area contributed by atoms with Crippen LogP contribution in [0.3, 0.4) is 0 Å². The molecule has 3 nitrogen and oxygen atoms in total. The minimum Gasteiger partial charge on any atom is -0.301 e. The summed E-state index contributed by atoms with van der Waals surface area (Å²) in [5.74, 6) is -0.0937. The first kappa shape index (κ1) is 14.0. The summed E-state index contributed by atoms with van der Waals surface area (Å²) in [6.07, 6.45) is 6.02. The molecular weight excluding hydrogens is 299 g/mol. The van der Waals surface area contributed by atoms with Crippen LogP contribution in [0.1, 0.15) is 35.2 Å². The zero-order chi connectivity index (χ0) is 15.3. The highest BCUT2D eigenvalue weighted by Crippen LogP contribution is 2.47. The summed E-state index contributed by atoms with van der Waals surface area (Å²) in [5.41, 5.74) is 3.65. The van der Waals surface area contributed by atoms with E-state index in [-0.39, 0.29) is 16.8 Å². The summed E-state index contributed by atoms with van der Waals surface area (Å²) in [6, 6.07) is 5.40. The van der Waals surface area contributed by atoms with Gasteiger partial charge in [0.05, 0.1) is 5.69 Å². The molecule has 1 aromatic heterocycles. The Morgan fingerprint density at radius 1 is 1.27 bits per heavy atom. The molecule has 0 amide bonds.